The molecule has 2 heterocycles. The molecule has 0 spiro atoms. The normalized spacial score (nSPS) is 16.5. The third-order valence-electron chi connectivity index (χ3n) is 5.26. The summed E-state index contributed by atoms with van der Waals surface area (Å²) in [5.41, 5.74) is 0.762. The lowest BCUT2D eigenvalue weighted by atomic mass is 10.0. The molecule has 1 aliphatic heterocycles. The summed E-state index contributed by atoms with van der Waals surface area (Å²) in [5.74, 6) is -0.594. The number of aromatic nitrogens is 2. The molecule has 4 rings (SSSR count). The van der Waals surface area contributed by atoms with E-state index >= 15 is 0 Å². The molecule has 0 bridgehead atoms. The van der Waals surface area contributed by atoms with E-state index in [4.69, 9.17) is 0 Å². The molecule has 30 heavy (non-hydrogen) atoms. The number of amides is 1. The smallest absolute Gasteiger partial charge is 0.275 e. The third kappa shape index (κ3) is 3.95. The molecular formula is C22H24ClFN4O2. The second kappa shape index (κ2) is 8.93. The van der Waals surface area contributed by atoms with Gasteiger partial charge in [0.2, 0.25) is 0 Å². The predicted octanol–water partition coefficient (Wildman–Crippen LogP) is 3.33. The molecule has 0 saturated carbocycles. The Hall–Kier alpha value is -2.77. The summed E-state index contributed by atoms with van der Waals surface area (Å²) in [4.78, 5) is 28.1. The maximum absolute atomic E-state index is 13.8. The highest BCUT2D eigenvalue weighted by molar-refractivity contribution is 6.05. The van der Waals surface area contributed by atoms with E-state index in [1.54, 1.807) is 35.2 Å². The predicted molar refractivity (Wildman–Crippen MR) is 117 cm³/mol. The van der Waals surface area contributed by atoms with Gasteiger partial charge >= 0.3 is 0 Å². The molecule has 1 aromatic heterocycles. The van der Waals surface area contributed by atoms with Crippen LogP contribution in [0.1, 0.15) is 42.0 Å². The van der Waals surface area contributed by atoms with Crippen molar-refractivity contribution >= 4 is 29.1 Å². The molecule has 2 aromatic carbocycles. The van der Waals surface area contributed by atoms with Gasteiger partial charge in [-0.05, 0) is 37.6 Å². The number of piperazine rings is 1. The van der Waals surface area contributed by atoms with Gasteiger partial charge in [0.25, 0.3) is 11.5 Å². The van der Waals surface area contributed by atoms with Crippen molar-refractivity contribution in [2.45, 2.75) is 25.9 Å². The molecule has 6 nitrogen and oxygen atoms in total. The minimum absolute atomic E-state index is 0. The summed E-state index contributed by atoms with van der Waals surface area (Å²) in [6.45, 7) is 5.35. The first-order valence-electron chi connectivity index (χ1n) is 9.76. The van der Waals surface area contributed by atoms with Gasteiger partial charge in [0.15, 0.2) is 5.69 Å². The molecule has 3 aromatic rings. The van der Waals surface area contributed by atoms with Crippen LogP contribution in [0.15, 0.2) is 53.3 Å². The Morgan fingerprint density at radius 3 is 2.60 bits per heavy atom. The van der Waals surface area contributed by atoms with Crippen LogP contribution < -0.4 is 10.9 Å². The maximum Gasteiger partial charge on any atom is 0.275 e. The van der Waals surface area contributed by atoms with Crippen LogP contribution in [0.3, 0.4) is 0 Å². The fourth-order valence-electron chi connectivity index (χ4n) is 3.81. The van der Waals surface area contributed by atoms with Gasteiger partial charge in [-0.3, -0.25) is 9.59 Å². The Morgan fingerprint density at radius 1 is 1.17 bits per heavy atom. The molecule has 0 aliphatic carbocycles. The molecule has 1 unspecified atom stereocenters. The minimum Gasteiger partial charge on any atom is -0.328 e. The van der Waals surface area contributed by atoms with Gasteiger partial charge in [-0.2, -0.15) is 5.10 Å². The van der Waals surface area contributed by atoms with E-state index in [0.717, 1.165) is 5.56 Å². The van der Waals surface area contributed by atoms with Gasteiger partial charge in [-0.1, -0.05) is 30.3 Å². The van der Waals surface area contributed by atoms with E-state index in [9.17, 15) is 14.0 Å². The van der Waals surface area contributed by atoms with Gasteiger partial charge in [-0.25, -0.2) is 9.07 Å². The Bertz CT molecular complexity index is 1130. The number of fused-ring (bicyclic) bond motifs is 1. The van der Waals surface area contributed by atoms with Crippen LogP contribution in [-0.4, -0.2) is 40.2 Å². The third-order valence-corrected chi connectivity index (χ3v) is 5.26. The Balaban J connectivity index is 0.00000256. The van der Waals surface area contributed by atoms with Crippen LogP contribution in [0.25, 0.3) is 10.8 Å². The topological polar surface area (TPSA) is 67.2 Å². The van der Waals surface area contributed by atoms with Crippen LogP contribution in [-0.2, 0) is 0 Å². The van der Waals surface area contributed by atoms with Crippen molar-refractivity contribution in [3.63, 3.8) is 0 Å². The first-order chi connectivity index (χ1) is 14.0. The minimum atomic E-state index is -0.336. The number of carbonyl (C=O) groups excluding carboxylic acids is 1. The first-order valence-corrected chi connectivity index (χ1v) is 9.76. The van der Waals surface area contributed by atoms with Crippen molar-refractivity contribution in [3.8, 4) is 0 Å². The van der Waals surface area contributed by atoms with Crippen molar-refractivity contribution in [1.29, 1.82) is 0 Å². The van der Waals surface area contributed by atoms with Gasteiger partial charge < -0.3 is 10.2 Å². The highest BCUT2D eigenvalue weighted by atomic mass is 35.5. The number of nitrogens with one attached hydrogen (secondary N) is 1. The van der Waals surface area contributed by atoms with Crippen molar-refractivity contribution in [2.24, 2.45) is 0 Å². The Labute approximate surface area is 180 Å². The summed E-state index contributed by atoms with van der Waals surface area (Å²) >= 11 is 0. The fourth-order valence-corrected chi connectivity index (χ4v) is 3.81. The number of rotatable bonds is 3. The Kier molecular flexibility index (Phi) is 6.53. The molecule has 1 atom stereocenters. The van der Waals surface area contributed by atoms with Gasteiger partial charge in [-0.15, -0.1) is 12.4 Å². The zero-order valence-electron chi connectivity index (χ0n) is 16.8. The number of halogens is 2. The molecule has 1 saturated heterocycles. The summed E-state index contributed by atoms with van der Waals surface area (Å²) in [6.07, 6.45) is 0. The van der Waals surface area contributed by atoms with Crippen LogP contribution in [0.5, 0.6) is 0 Å². The molecule has 0 radical (unpaired) electrons. The van der Waals surface area contributed by atoms with E-state index in [0.29, 0.717) is 30.4 Å². The number of benzene rings is 2. The molecule has 1 amide bonds. The van der Waals surface area contributed by atoms with Crippen LogP contribution in [0.4, 0.5) is 4.39 Å². The highest BCUT2D eigenvalue weighted by Gasteiger charge is 2.31. The molecule has 158 valence electrons. The monoisotopic (exact) mass is 430 g/mol. The molecule has 1 fully saturated rings. The van der Waals surface area contributed by atoms with E-state index < -0.39 is 0 Å². The van der Waals surface area contributed by atoms with E-state index in [-0.39, 0.29) is 47.5 Å². The molecule has 8 heteroatoms. The van der Waals surface area contributed by atoms with E-state index in [1.165, 1.54) is 16.8 Å². The van der Waals surface area contributed by atoms with E-state index in [1.807, 2.05) is 19.9 Å². The molecule has 1 aliphatic rings. The van der Waals surface area contributed by atoms with Crippen molar-refractivity contribution in [2.75, 3.05) is 19.6 Å². The van der Waals surface area contributed by atoms with Crippen molar-refractivity contribution in [3.05, 3.63) is 76.0 Å². The second-order valence-corrected chi connectivity index (χ2v) is 7.51. The van der Waals surface area contributed by atoms with Gasteiger partial charge in [0, 0.05) is 25.0 Å². The van der Waals surface area contributed by atoms with Gasteiger partial charge in [0.05, 0.1) is 17.5 Å². The van der Waals surface area contributed by atoms with Crippen LogP contribution >= 0.6 is 12.4 Å². The number of carbonyl (C=O) groups is 1. The van der Waals surface area contributed by atoms with Crippen LogP contribution in [0, 0.1) is 5.82 Å². The highest BCUT2D eigenvalue weighted by Crippen LogP contribution is 2.26. The Morgan fingerprint density at radius 2 is 1.90 bits per heavy atom. The standard InChI is InChI=1S/C22H23FN4O2.ClH/c1-14(2)27-21(28)18-9-4-3-8-17(18)20(25-27)22(29)26-11-10-24-13-19(26)15-6-5-7-16(23)12-15;/h3-9,12,14,19,24H,10-11,13H2,1-2H3;1H. The lowest BCUT2D eigenvalue weighted by Crippen LogP contribution is -2.49. The summed E-state index contributed by atoms with van der Waals surface area (Å²) in [7, 11) is 0. The second-order valence-electron chi connectivity index (χ2n) is 7.51. The largest absolute Gasteiger partial charge is 0.328 e. The lowest BCUT2D eigenvalue weighted by molar-refractivity contribution is 0.0627. The van der Waals surface area contributed by atoms with Crippen molar-refractivity contribution < 1.29 is 9.18 Å². The number of hydrogen-bond acceptors (Lipinski definition) is 4. The average Bonchev–Trinajstić information content (AvgIpc) is 2.73. The van der Waals surface area contributed by atoms with Crippen LogP contribution in [0.2, 0.25) is 0 Å². The first kappa shape index (κ1) is 21.9. The zero-order chi connectivity index (χ0) is 20.5. The van der Waals surface area contributed by atoms with Crippen molar-refractivity contribution in [1.82, 2.24) is 20.0 Å². The zero-order valence-corrected chi connectivity index (χ0v) is 17.7. The molecular weight excluding hydrogens is 407 g/mol. The molecule has 1 N–H and O–H groups in total. The fraction of sp³-hybridized carbons (Fsp3) is 0.318. The quantitative estimate of drug-likeness (QED) is 0.692. The summed E-state index contributed by atoms with van der Waals surface area (Å²) < 4.78 is 15.1. The van der Waals surface area contributed by atoms with E-state index in [2.05, 4.69) is 10.4 Å². The summed E-state index contributed by atoms with van der Waals surface area (Å²) in [5, 5.41) is 8.72. The maximum atomic E-state index is 13.8. The number of hydrogen-bond donors (Lipinski definition) is 1. The average molecular weight is 431 g/mol. The lowest BCUT2D eigenvalue weighted by Gasteiger charge is -2.36. The SMILES string of the molecule is CC(C)n1nc(C(=O)N2CCNCC2c2cccc(F)c2)c2ccccc2c1=O.Cl. The summed E-state index contributed by atoms with van der Waals surface area (Å²) in [6, 6.07) is 12.9. The van der Waals surface area contributed by atoms with Gasteiger partial charge in [0.1, 0.15) is 5.82 Å². The number of nitrogens with zero attached hydrogens (tertiary/aromatic N) is 3.